The van der Waals surface area contributed by atoms with E-state index < -0.39 is 29.1 Å². The van der Waals surface area contributed by atoms with Gasteiger partial charge in [-0.05, 0) is 30.7 Å². The monoisotopic (exact) mass is 537 g/mol. The Kier molecular flexibility index (Phi) is 6.40. The van der Waals surface area contributed by atoms with E-state index in [0.717, 1.165) is 5.69 Å². The van der Waals surface area contributed by atoms with Crippen molar-refractivity contribution in [2.45, 2.75) is 25.5 Å². The molecule has 1 spiro atoms. The van der Waals surface area contributed by atoms with Crippen molar-refractivity contribution in [2.75, 3.05) is 19.1 Å². The average Bonchev–Trinajstić information content (AvgIpc) is 3.51. The molecule has 10 heteroatoms. The number of ether oxygens (including phenoxy) is 3. The molecule has 1 N–H and O–H groups in total. The summed E-state index contributed by atoms with van der Waals surface area (Å²) in [4.78, 5) is 40.7. The summed E-state index contributed by atoms with van der Waals surface area (Å²) in [5, 5.41) is 9.32. The molecule has 38 heavy (non-hydrogen) atoms. The summed E-state index contributed by atoms with van der Waals surface area (Å²) in [7, 11) is 2.84. The number of anilines is 1. The predicted molar refractivity (Wildman–Crippen MR) is 137 cm³/mol. The number of carbonyl (C=O) groups is 3. The van der Waals surface area contributed by atoms with Gasteiger partial charge >= 0.3 is 5.97 Å². The zero-order valence-electron chi connectivity index (χ0n) is 20.8. The first-order chi connectivity index (χ1) is 18.2. The number of aromatic carboxylic acids is 1. The minimum absolute atomic E-state index is 0.0571. The van der Waals surface area contributed by atoms with E-state index in [0.29, 0.717) is 17.9 Å². The number of furan rings is 1. The van der Waals surface area contributed by atoms with E-state index in [4.69, 9.17) is 30.2 Å². The molecule has 2 aliphatic rings. The number of nitrogens with zero attached hydrogens (tertiary/aromatic N) is 1. The number of Topliss-reactive ketones (excluding diaryl/α,β-unsaturated/α-hetero) is 1. The van der Waals surface area contributed by atoms with Gasteiger partial charge in [-0.3, -0.25) is 9.59 Å². The van der Waals surface area contributed by atoms with Crippen molar-refractivity contribution in [3.8, 4) is 17.2 Å². The lowest BCUT2D eigenvalue weighted by Crippen LogP contribution is -2.55. The summed E-state index contributed by atoms with van der Waals surface area (Å²) in [6.07, 6.45) is 1.69. The van der Waals surface area contributed by atoms with Crippen LogP contribution in [0.4, 0.5) is 5.69 Å². The number of carboxylic acids is 1. The van der Waals surface area contributed by atoms with Gasteiger partial charge in [0.1, 0.15) is 27.8 Å². The molecule has 2 heterocycles. The Balaban J connectivity index is 1.55. The lowest BCUT2D eigenvalue weighted by atomic mass is 9.74. The fourth-order valence-corrected chi connectivity index (χ4v) is 5.26. The van der Waals surface area contributed by atoms with Crippen LogP contribution in [0.1, 0.15) is 40.0 Å². The Morgan fingerprint density at radius 2 is 1.84 bits per heavy atom. The van der Waals surface area contributed by atoms with Gasteiger partial charge in [0, 0.05) is 29.4 Å². The van der Waals surface area contributed by atoms with Gasteiger partial charge in [0.05, 0.1) is 20.8 Å². The zero-order chi connectivity index (χ0) is 27.2. The lowest BCUT2D eigenvalue weighted by molar-refractivity contribution is -0.129. The number of allylic oxidation sites excluding steroid dienone is 1. The predicted octanol–water partition coefficient (Wildman–Crippen LogP) is 5.16. The molecule has 0 bridgehead atoms. The van der Waals surface area contributed by atoms with E-state index in [1.165, 1.54) is 32.4 Å². The third kappa shape index (κ3) is 3.90. The van der Waals surface area contributed by atoms with E-state index in [2.05, 4.69) is 0 Å². The third-order valence-corrected chi connectivity index (χ3v) is 7.25. The molecule has 0 fully saturated rings. The molecular weight excluding hydrogens is 514 g/mol. The van der Waals surface area contributed by atoms with Crippen LogP contribution in [-0.4, -0.2) is 42.5 Å². The van der Waals surface area contributed by atoms with Crippen molar-refractivity contribution >= 4 is 34.8 Å². The summed E-state index contributed by atoms with van der Waals surface area (Å²) < 4.78 is 22.3. The highest BCUT2D eigenvalue weighted by Crippen LogP contribution is 2.53. The Hall–Kier alpha value is -4.24. The molecule has 0 amide bonds. The topological polar surface area (TPSA) is 116 Å². The molecule has 0 radical (unpaired) electrons. The molecule has 2 atom stereocenters. The highest BCUT2D eigenvalue weighted by molar-refractivity contribution is 6.36. The van der Waals surface area contributed by atoms with Gasteiger partial charge in [0.25, 0.3) is 0 Å². The number of carboxylic acid groups (broad SMARTS) is 1. The van der Waals surface area contributed by atoms with Crippen molar-refractivity contribution in [1.82, 2.24) is 0 Å². The van der Waals surface area contributed by atoms with E-state index in [-0.39, 0.29) is 40.1 Å². The minimum atomic E-state index is -1.81. The molecule has 5 rings (SSSR count). The van der Waals surface area contributed by atoms with Gasteiger partial charge in [-0.15, -0.1) is 0 Å². The number of rotatable bonds is 7. The summed E-state index contributed by atoms with van der Waals surface area (Å²) in [5.41, 5.74) is -0.319. The molecule has 0 saturated carbocycles. The van der Waals surface area contributed by atoms with E-state index in [1.807, 2.05) is 35.2 Å². The van der Waals surface area contributed by atoms with Crippen LogP contribution in [0.3, 0.4) is 0 Å². The highest BCUT2D eigenvalue weighted by Gasteiger charge is 2.60. The molecule has 0 saturated heterocycles. The number of methoxy groups -OCH3 is 2. The van der Waals surface area contributed by atoms with Crippen LogP contribution in [-0.2, 0) is 11.3 Å². The maximum Gasteiger partial charge on any atom is 0.371 e. The van der Waals surface area contributed by atoms with E-state index >= 15 is 0 Å². The van der Waals surface area contributed by atoms with Crippen LogP contribution < -0.4 is 19.1 Å². The molecule has 1 aromatic heterocycles. The first kappa shape index (κ1) is 25.4. The Labute approximate surface area is 223 Å². The third-order valence-electron chi connectivity index (χ3n) is 6.89. The van der Waals surface area contributed by atoms with Gasteiger partial charge in [-0.2, -0.15) is 0 Å². The van der Waals surface area contributed by atoms with Crippen molar-refractivity contribution in [3.05, 3.63) is 82.4 Å². The number of halogens is 1. The Morgan fingerprint density at radius 3 is 2.45 bits per heavy atom. The largest absolute Gasteiger partial charge is 0.496 e. The summed E-state index contributed by atoms with van der Waals surface area (Å²) in [6.45, 7) is 1.94. The number of fused-ring (bicyclic) bond motifs is 1. The second-order valence-electron chi connectivity index (χ2n) is 9.06. The van der Waals surface area contributed by atoms with Crippen LogP contribution in [0.15, 0.2) is 64.7 Å². The van der Waals surface area contributed by atoms with Crippen molar-refractivity contribution in [1.29, 1.82) is 0 Å². The van der Waals surface area contributed by atoms with Gasteiger partial charge in [-0.1, -0.05) is 36.7 Å². The maximum atomic E-state index is 13.8. The standard InChI is InChI=1S/C28H24ClNO8/c1-15-11-17(30(16-7-5-4-6-8-16)14-18-9-10-19(37-18)27(33)34)12-22(31)28(15)26(32)23-20(35-2)13-21(36-3)24(29)25(23)38-28/h4-10,12-13,15H,11,14H2,1-3H3,(H,33,34). The summed E-state index contributed by atoms with van der Waals surface area (Å²) in [5.74, 6) is -2.08. The fourth-order valence-electron chi connectivity index (χ4n) is 4.99. The van der Waals surface area contributed by atoms with E-state index in [9.17, 15) is 19.5 Å². The van der Waals surface area contributed by atoms with Gasteiger partial charge in [0.2, 0.25) is 22.9 Å². The van der Waals surface area contributed by atoms with Crippen LogP contribution >= 0.6 is 11.6 Å². The molecule has 9 nitrogen and oxygen atoms in total. The molecular formula is C28H24ClNO8. The zero-order valence-corrected chi connectivity index (χ0v) is 21.6. The number of hydrogen-bond acceptors (Lipinski definition) is 8. The highest BCUT2D eigenvalue weighted by atomic mass is 35.5. The number of para-hydroxylation sites is 1. The van der Waals surface area contributed by atoms with Gasteiger partial charge < -0.3 is 28.6 Å². The summed E-state index contributed by atoms with van der Waals surface area (Å²) in [6, 6.07) is 13.8. The Morgan fingerprint density at radius 1 is 1.13 bits per heavy atom. The Bertz CT molecular complexity index is 1480. The molecule has 3 aromatic rings. The van der Waals surface area contributed by atoms with E-state index in [1.54, 1.807) is 13.0 Å². The first-order valence-corrected chi connectivity index (χ1v) is 12.2. The van der Waals surface area contributed by atoms with Crippen LogP contribution in [0.2, 0.25) is 5.02 Å². The molecule has 196 valence electrons. The molecule has 2 aromatic carbocycles. The maximum absolute atomic E-state index is 13.8. The smallest absolute Gasteiger partial charge is 0.371 e. The van der Waals surface area contributed by atoms with Crippen LogP contribution in [0, 0.1) is 5.92 Å². The quantitative estimate of drug-likeness (QED) is 0.408. The van der Waals surface area contributed by atoms with Crippen molar-refractivity contribution < 1.29 is 38.1 Å². The normalized spacial score (nSPS) is 20.1. The van der Waals surface area contributed by atoms with Crippen LogP contribution in [0.25, 0.3) is 0 Å². The fraction of sp³-hybridized carbons (Fsp3) is 0.250. The minimum Gasteiger partial charge on any atom is -0.496 e. The van der Waals surface area contributed by atoms with Gasteiger partial charge in [-0.25, -0.2) is 4.79 Å². The van der Waals surface area contributed by atoms with Gasteiger partial charge in [0.15, 0.2) is 5.75 Å². The molecule has 2 unspecified atom stereocenters. The lowest BCUT2D eigenvalue weighted by Gasteiger charge is -2.38. The number of ketones is 2. The number of carbonyl (C=O) groups excluding carboxylic acids is 2. The second-order valence-corrected chi connectivity index (χ2v) is 9.44. The second kappa shape index (κ2) is 9.57. The first-order valence-electron chi connectivity index (χ1n) is 11.8. The molecule has 1 aliphatic heterocycles. The number of benzene rings is 2. The average molecular weight is 538 g/mol. The number of hydrogen-bond donors (Lipinski definition) is 1. The van der Waals surface area contributed by atoms with Crippen molar-refractivity contribution in [3.63, 3.8) is 0 Å². The van der Waals surface area contributed by atoms with Crippen molar-refractivity contribution in [2.24, 2.45) is 5.92 Å². The van der Waals surface area contributed by atoms with Crippen LogP contribution in [0.5, 0.6) is 17.2 Å². The SMILES string of the molecule is COc1cc(OC)c2c(c1Cl)OC1(C(=O)C=C(N(Cc3ccc(C(=O)O)o3)c3ccccc3)CC1C)C2=O. The molecule has 1 aliphatic carbocycles. The summed E-state index contributed by atoms with van der Waals surface area (Å²) >= 11 is 6.48.